The number of nitrogens with one attached hydrogen (secondary N) is 1. The van der Waals surface area contributed by atoms with E-state index in [1.165, 1.54) is 5.69 Å². The van der Waals surface area contributed by atoms with E-state index < -0.39 is 0 Å². The van der Waals surface area contributed by atoms with Gasteiger partial charge in [-0.2, -0.15) is 5.26 Å². The van der Waals surface area contributed by atoms with Crippen molar-refractivity contribution in [1.82, 2.24) is 10.2 Å². The molecule has 1 unspecified atom stereocenters. The Bertz CT molecular complexity index is 645. The first-order valence-electron chi connectivity index (χ1n) is 7.76. The first-order chi connectivity index (χ1) is 10.7. The Morgan fingerprint density at radius 1 is 1.18 bits per heavy atom. The molecule has 2 heterocycles. The number of rotatable bonds is 2. The highest BCUT2D eigenvalue weighted by Crippen LogP contribution is 2.24. The number of benzene rings is 1. The van der Waals surface area contributed by atoms with Crippen LogP contribution in [0.5, 0.6) is 0 Å². The van der Waals surface area contributed by atoms with E-state index in [0.717, 1.165) is 43.0 Å². The summed E-state index contributed by atoms with van der Waals surface area (Å²) in [6, 6.07) is 10.6. The Labute approximate surface area is 132 Å². The first-order valence-corrected chi connectivity index (χ1v) is 7.76. The van der Waals surface area contributed by atoms with Gasteiger partial charge in [-0.15, -0.1) is 0 Å². The van der Waals surface area contributed by atoms with Crippen molar-refractivity contribution >= 4 is 11.4 Å². The maximum atomic E-state index is 9.22. The summed E-state index contributed by atoms with van der Waals surface area (Å²) in [7, 11) is 2.17. The lowest BCUT2D eigenvalue weighted by Gasteiger charge is -2.34. The second-order valence-corrected chi connectivity index (χ2v) is 6.04. The third-order valence-corrected chi connectivity index (χ3v) is 4.42. The Balaban J connectivity index is 1.82. The van der Waals surface area contributed by atoms with Crippen molar-refractivity contribution in [1.29, 1.82) is 5.26 Å². The zero-order chi connectivity index (χ0) is 15.5. The molecule has 1 aromatic rings. The average Bonchev–Trinajstić information content (AvgIpc) is 2.56. The molecule has 3 rings (SSSR count). The van der Waals surface area contributed by atoms with Crippen molar-refractivity contribution in [2.75, 3.05) is 38.1 Å². The van der Waals surface area contributed by atoms with Crippen LogP contribution in [-0.4, -0.2) is 44.2 Å². The van der Waals surface area contributed by atoms with Crippen LogP contribution in [0.1, 0.15) is 12.5 Å². The largest absolute Gasteiger partial charge is 0.369 e. The van der Waals surface area contributed by atoms with Gasteiger partial charge in [-0.3, -0.25) is 0 Å². The van der Waals surface area contributed by atoms with E-state index in [9.17, 15) is 5.26 Å². The highest BCUT2D eigenvalue weighted by Gasteiger charge is 2.17. The predicted molar refractivity (Wildman–Crippen MR) is 90.4 cm³/mol. The van der Waals surface area contributed by atoms with Crippen molar-refractivity contribution in [2.45, 2.75) is 13.0 Å². The molecule has 2 aliphatic rings. The Kier molecular flexibility index (Phi) is 4.17. The normalized spacial score (nSPS) is 22.4. The molecule has 4 nitrogen and oxygen atoms in total. The van der Waals surface area contributed by atoms with E-state index >= 15 is 0 Å². The van der Waals surface area contributed by atoms with Gasteiger partial charge in [0.15, 0.2) is 0 Å². The number of piperazine rings is 1. The van der Waals surface area contributed by atoms with E-state index in [1.54, 1.807) is 0 Å². The molecule has 1 aromatic carbocycles. The lowest BCUT2D eigenvalue weighted by Crippen LogP contribution is -2.44. The maximum absolute atomic E-state index is 9.22. The third-order valence-electron chi connectivity index (χ3n) is 4.42. The molecule has 1 saturated heterocycles. The molecule has 0 aliphatic carbocycles. The van der Waals surface area contributed by atoms with Gasteiger partial charge in [-0.25, -0.2) is 0 Å². The molecule has 0 spiro atoms. The lowest BCUT2D eigenvalue weighted by molar-refractivity contribution is 0.313. The molecule has 0 bridgehead atoms. The number of nitriles is 1. The van der Waals surface area contributed by atoms with Crippen molar-refractivity contribution in [3.05, 3.63) is 47.6 Å². The van der Waals surface area contributed by atoms with E-state index in [0.29, 0.717) is 0 Å². The van der Waals surface area contributed by atoms with Gasteiger partial charge in [0.1, 0.15) is 6.04 Å². The molecule has 0 saturated carbocycles. The van der Waals surface area contributed by atoms with Crippen molar-refractivity contribution in [3.63, 3.8) is 0 Å². The summed E-state index contributed by atoms with van der Waals surface area (Å²) < 4.78 is 0. The summed E-state index contributed by atoms with van der Waals surface area (Å²) in [4.78, 5) is 4.78. The number of hydrogen-bond acceptors (Lipinski definition) is 4. The smallest absolute Gasteiger partial charge is 0.136 e. The summed E-state index contributed by atoms with van der Waals surface area (Å²) in [5, 5.41) is 12.5. The molecule has 1 fully saturated rings. The summed E-state index contributed by atoms with van der Waals surface area (Å²) in [6.07, 6.45) is 4.09. The van der Waals surface area contributed by atoms with Crippen molar-refractivity contribution in [3.8, 4) is 6.07 Å². The number of allylic oxidation sites excluding steroid dienone is 2. The van der Waals surface area contributed by atoms with Gasteiger partial charge in [0.25, 0.3) is 0 Å². The van der Waals surface area contributed by atoms with Crippen LogP contribution < -0.4 is 10.2 Å². The molecule has 2 aliphatic heterocycles. The quantitative estimate of drug-likeness (QED) is 0.908. The minimum atomic E-state index is -0.229. The molecule has 22 heavy (non-hydrogen) atoms. The molecule has 1 N–H and O–H groups in total. The van der Waals surface area contributed by atoms with Crippen LogP contribution >= 0.6 is 0 Å². The monoisotopic (exact) mass is 294 g/mol. The van der Waals surface area contributed by atoms with E-state index in [1.807, 2.05) is 13.0 Å². The highest BCUT2D eigenvalue weighted by molar-refractivity contribution is 5.71. The molecule has 4 heteroatoms. The maximum Gasteiger partial charge on any atom is 0.136 e. The van der Waals surface area contributed by atoms with Gasteiger partial charge in [0.05, 0.1) is 6.07 Å². The standard InChI is InChI=1S/C18H22N4/c1-14-6-7-17(20-18(14)13-19)15-4-3-5-16(12-15)22-10-8-21(2)9-11-22/h3-7,12,18,20H,8-11H2,1-2H3. The van der Waals surface area contributed by atoms with E-state index in [-0.39, 0.29) is 6.04 Å². The Morgan fingerprint density at radius 2 is 1.95 bits per heavy atom. The van der Waals surface area contributed by atoms with Crippen LogP contribution in [0, 0.1) is 11.3 Å². The molecule has 0 radical (unpaired) electrons. The van der Waals surface area contributed by atoms with Crippen LogP contribution in [0.4, 0.5) is 5.69 Å². The SMILES string of the molecule is CC1=CC=C(c2cccc(N3CCN(C)CC3)c2)NC1C#N. The first kappa shape index (κ1) is 14.7. The average molecular weight is 294 g/mol. The van der Waals surface area contributed by atoms with Crippen LogP contribution in [0.3, 0.4) is 0 Å². The fourth-order valence-electron chi connectivity index (χ4n) is 2.88. The third kappa shape index (κ3) is 3.00. The molecular weight excluding hydrogens is 272 g/mol. The van der Waals surface area contributed by atoms with Gasteiger partial charge in [-0.05, 0) is 43.3 Å². The van der Waals surface area contributed by atoms with Crippen LogP contribution in [0.2, 0.25) is 0 Å². The zero-order valence-corrected chi connectivity index (χ0v) is 13.2. The highest BCUT2D eigenvalue weighted by atomic mass is 15.2. The second kappa shape index (κ2) is 6.25. The molecule has 114 valence electrons. The van der Waals surface area contributed by atoms with Gasteiger partial charge in [-0.1, -0.05) is 18.2 Å². The summed E-state index contributed by atoms with van der Waals surface area (Å²) in [5.74, 6) is 0. The summed E-state index contributed by atoms with van der Waals surface area (Å²) in [6.45, 7) is 6.31. The van der Waals surface area contributed by atoms with E-state index in [4.69, 9.17) is 0 Å². The van der Waals surface area contributed by atoms with Crippen LogP contribution in [-0.2, 0) is 0 Å². The van der Waals surface area contributed by atoms with Crippen molar-refractivity contribution in [2.24, 2.45) is 0 Å². The number of nitrogens with zero attached hydrogens (tertiary/aromatic N) is 3. The molecular formula is C18H22N4. The number of likely N-dealkylation sites (N-methyl/N-ethyl adjacent to an activating group) is 1. The summed E-state index contributed by atoms with van der Waals surface area (Å²) in [5.41, 5.74) is 4.48. The van der Waals surface area contributed by atoms with E-state index in [2.05, 4.69) is 58.6 Å². The van der Waals surface area contributed by atoms with Crippen molar-refractivity contribution < 1.29 is 0 Å². The van der Waals surface area contributed by atoms with Crippen LogP contribution in [0.25, 0.3) is 5.70 Å². The number of hydrogen-bond donors (Lipinski definition) is 1. The topological polar surface area (TPSA) is 42.3 Å². The number of anilines is 1. The van der Waals surface area contributed by atoms with Gasteiger partial charge >= 0.3 is 0 Å². The van der Waals surface area contributed by atoms with Gasteiger partial charge in [0, 0.05) is 37.6 Å². The molecule has 0 aromatic heterocycles. The van der Waals surface area contributed by atoms with Gasteiger partial charge in [0.2, 0.25) is 0 Å². The number of dihydropyridines is 1. The Hall–Kier alpha value is -2.25. The van der Waals surface area contributed by atoms with Gasteiger partial charge < -0.3 is 15.1 Å². The second-order valence-electron chi connectivity index (χ2n) is 6.04. The predicted octanol–water partition coefficient (Wildman–Crippen LogP) is 2.22. The molecule has 1 atom stereocenters. The Morgan fingerprint density at radius 3 is 2.68 bits per heavy atom. The lowest BCUT2D eigenvalue weighted by atomic mass is 10.0. The molecule has 0 amide bonds. The zero-order valence-electron chi connectivity index (χ0n) is 13.2. The fourth-order valence-corrected chi connectivity index (χ4v) is 2.88. The summed E-state index contributed by atoms with van der Waals surface area (Å²) >= 11 is 0. The minimum Gasteiger partial charge on any atom is -0.369 e. The minimum absolute atomic E-state index is 0.229. The fraction of sp³-hybridized carbons (Fsp3) is 0.389. The van der Waals surface area contributed by atoms with Crippen LogP contribution in [0.15, 0.2) is 42.0 Å².